The minimum atomic E-state index is -0.557. The third-order valence-corrected chi connectivity index (χ3v) is 2.61. The molecule has 6 nitrogen and oxygen atoms in total. The van der Waals surface area contributed by atoms with E-state index in [-0.39, 0.29) is 22.4 Å². The van der Waals surface area contributed by atoms with Gasteiger partial charge in [0.25, 0.3) is 0 Å². The van der Waals surface area contributed by atoms with Crippen molar-refractivity contribution in [1.29, 1.82) is 5.26 Å². The zero-order valence-corrected chi connectivity index (χ0v) is 10.7. The average molecular weight is 276 g/mol. The molecular formula is C12H8N2O4S. The fourth-order valence-corrected chi connectivity index (χ4v) is 1.76. The lowest BCUT2D eigenvalue weighted by molar-refractivity contribution is -0.131. The van der Waals surface area contributed by atoms with Crippen LogP contribution in [0.3, 0.4) is 0 Å². The molecule has 0 unspecified atom stereocenters. The molecule has 0 saturated heterocycles. The number of aromatic nitrogens is 1. The van der Waals surface area contributed by atoms with Gasteiger partial charge >= 0.3 is 5.97 Å². The topological polar surface area (TPSA) is 92.2 Å². The summed E-state index contributed by atoms with van der Waals surface area (Å²) in [7, 11) is 0. The maximum Gasteiger partial charge on any atom is 0.308 e. The Balaban J connectivity index is 2.76. The molecule has 0 aliphatic heterocycles. The van der Waals surface area contributed by atoms with Crippen molar-refractivity contribution in [3.63, 3.8) is 0 Å². The van der Waals surface area contributed by atoms with Crippen LogP contribution in [-0.4, -0.2) is 11.0 Å². The maximum absolute atomic E-state index is 12.0. The lowest BCUT2D eigenvalue weighted by atomic mass is 10.1. The minimum Gasteiger partial charge on any atom is -0.425 e. The number of H-pyrrole nitrogens is 1. The van der Waals surface area contributed by atoms with E-state index in [1.807, 2.05) is 0 Å². The molecule has 96 valence electrons. The zero-order chi connectivity index (χ0) is 14.0. The van der Waals surface area contributed by atoms with Crippen LogP contribution >= 0.6 is 12.9 Å². The number of nitriles is 1. The number of nitrogens with zero attached hydrogens (tertiary/aromatic N) is 1. The van der Waals surface area contributed by atoms with Crippen molar-refractivity contribution >= 4 is 29.8 Å². The van der Waals surface area contributed by atoms with E-state index in [0.717, 1.165) is 0 Å². The molecule has 2 aromatic rings. The van der Waals surface area contributed by atoms with Crippen LogP contribution in [-0.2, 0) is 4.79 Å². The summed E-state index contributed by atoms with van der Waals surface area (Å²) < 4.78 is 9.71. The SMILES string of the molecule is CC(=O)Oc1cc2c(=O)c(C#N)c[nH]c2cc1OS. The number of hydrogen-bond acceptors (Lipinski definition) is 6. The van der Waals surface area contributed by atoms with Gasteiger partial charge in [-0.3, -0.25) is 9.59 Å². The van der Waals surface area contributed by atoms with Crippen LogP contribution < -0.4 is 14.3 Å². The highest BCUT2D eigenvalue weighted by atomic mass is 32.1. The van der Waals surface area contributed by atoms with Gasteiger partial charge in [-0.25, -0.2) is 0 Å². The molecule has 1 aromatic heterocycles. The van der Waals surface area contributed by atoms with Crippen molar-refractivity contribution in [3.05, 3.63) is 34.1 Å². The summed E-state index contributed by atoms with van der Waals surface area (Å²) in [4.78, 5) is 25.7. The normalized spacial score (nSPS) is 9.95. The van der Waals surface area contributed by atoms with Crippen molar-refractivity contribution in [2.24, 2.45) is 0 Å². The number of esters is 1. The average Bonchev–Trinajstić information content (AvgIpc) is 2.38. The van der Waals surface area contributed by atoms with Crippen LogP contribution in [0.4, 0.5) is 0 Å². The Morgan fingerprint density at radius 1 is 1.42 bits per heavy atom. The maximum atomic E-state index is 12.0. The number of pyridine rings is 1. The first kappa shape index (κ1) is 13.0. The summed E-state index contributed by atoms with van der Waals surface area (Å²) in [6, 6.07) is 4.58. The minimum absolute atomic E-state index is 0.0270. The molecule has 0 bridgehead atoms. The summed E-state index contributed by atoms with van der Waals surface area (Å²) in [5.74, 6) is -0.305. The van der Waals surface area contributed by atoms with Gasteiger partial charge in [0.15, 0.2) is 11.5 Å². The Hall–Kier alpha value is -2.46. The number of rotatable bonds is 2. The molecule has 0 atom stereocenters. The number of carbonyl (C=O) groups is 1. The smallest absolute Gasteiger partial charge is 0.308 e. The van der Waals surface area contributed by atoms with E-state index < -0.39 is 11.4 Å². The van der Waals surface area contributed by atoms with Crippen LogP contribution in [0.15, 0.2) is 23.1 Å². The third-order valence-electron chi connectivity index (χ3n) is 2.42. The molecule has 0 fully saturated rings. The van der Waals surface area contributed by atoms with Crippen molar-refractivity contribution in [2.45, 2.75) is 6.92 Å². The van der Waals surface area contributed by atoms with Crippen LogP contribution in [0.1, 0.15) is 12.5 Å². The standard InChI is InChI=1S/C12H8N2O4S/c1-6(15)17-10-2-8-9(3-11(10)18-19)14-5-7(4-13)12(8)16/h2-3,5,19H,1H3,(H,14,16). The molecule has 0 spiro atoms. The number of ether oxygens (including phenoxy) is 1. The van der Waals surface area contributed by atoms with Crippen LogP contribution in [0.25, 0.3) is 10.9 Å². The Morgan fingerprint density at radius 3 is 2.74 bits per heavy atom. The number of aromatic amines is 1. The molecule has 0 saturated carbocycles. The number of nitrogens with one attached hydrogen (secondary N) is 1. The summed E-state index contributed by atoms with van der Waals surface area (Å²) >= 11 is 3.66. The lowest BCUT2D eigenvalue weighted by Crippen LogP contribution is -2.09. The molecule has 0 amide bonds. The highest BCUT2D eigenvalue weighted by molar-refractivity contribution is 7.75. The Kier molecular flexibility index (Phi) is 3.44. The molecule has 1 N–H and O–H groups in total. The highest BCUT2D eigenvalue weighted by Gasteiger charge is 2.13. The van der Waals surface area contributed by atoms with Gasteiger partial charge in [0.1, 0.15) is 11.6 Å². The van der Waals surface area contributed by atoms with Gasteiger partial charge in [-0.15, -0.1) is 0 Å². The third kappa shape index (κ3) is 2.39. The highest BCUT2D eigenvalue weighted by Crippen LogP contribution is 2.31. The largest absolute Gasteiger partial charge is 0.425 e. The molecule has 0 aliphatic rings. The van der Waals surface area contributed by atoms with E-state index in [9.17, 15) is 9.59 Å². The number of thiol groups is 1. The first-order valence-corrected chi connectivity index (χ1v) is 5.52. The fraction of sp³-hybridized carbons (Fsp3) is 0.0833. The summed E-state index contributed by atoms with van der Waals surface area (Å²) in [6.07, 6.45) is 1.30. The molecule has 19 heavy (non-hydrogen) atoms. The van der Waals surface area contributed by atoms with Gasteiger partial charge in [-0.05, 0) is 6.07 Å². The molecule has 7 heteroatoms. The summed E-state index contributed by atoms with van der Waals surface area (Å²) in [5, 5.41) is 9.03. The van der Waals surface area contributed by atoms with Crippen molar-refractivity contribution in [1.82, 2.24) is 4.98 Å². The lowest BCUT2D eigenvalue weighted by Gasteiger charge is -2.08. The van der Waals surface area contributed by atoms with Crippen LogP contribution in [0.5, 0.6) is 11.5 Å². The Labute approximate surface area is 113 Å². The molecule has 1 aromatic carbocycles. The van der Waals surface area contributed by atoms with Gasteiger partial charge in [-0.1, -0.05) is 0 Å². The van der Waals surface area contributed by atoms with E-state index in [0.29, 0.717) is 5.52 Å². The van der Waals surface area contributed by atoms with Crippen molar-refractivity contribution in [2.75, 3.05) is 0 Å². The first-order chi connectivity index (χ1) is 9.06. The number of hydrogen-bond donors (Lipinski definition) is 2. The van der Waals surface area contributed by atoms with Gasteiger partial charge in [0.05, 0.1) is 10.9 Å². The molecule has 0 aliphatic carbocycles. The summed E-state index contributed by atoms with van der Waals surface area (Å²) in [5.41, 5.74) is -0.0277. The van der Waals surface area contributed by atoms with Crippen LogP contribution in [0.2, 0.25) is 0 Å². The monoisotopic (exact) mass is 276 g/mol. The molecule has 0 radical (unpaired) electrons. The number of fused-ring (bicyclic) bond motifs is 1. The van der Waals surface area contributed by atoms with Crippen molar-refractivity contribution in [3.8, 4) is 17.6 Å². The van der Waals surface area contributed by atoms with E-state index in [1.54, 1.807) is 6.07 Å². The van der Waals surface area contributed by atoms with E-state index in [4.69, 9.17) is 14.2 Å². The van der Waals surface area contributed by atoms with Gasteiger partial charge < -0.3 is 13.9 Å². The predicted octanol–water partition coefficient (Wildman–Crippen LogP) is 1.55. The zero-order valence-electron chi connectivity index (χ0n) is 9.76. The fourth-order valence-electron chi connectivity index (χ4n) is 1.62. The Morgan fingerprint density at radius 2 is 2.16 bits per heavy atom. The van der Waals surface area contributed by atoms with E-state index in [2.05, 4.69) is 17.9 Å². The summed E-state index contributed by atoms with van der Waals surface area (Å²) in [6.45, 7) is 1.22. The van der Waals surface area contributed by atoms with Gasteiger partial charge in [-0.2, -0.15) is 5.26 Å². The first-order valence-electron chi connectivity index (χ1n) is 5.16. The Bertz CT molecular complexity index is 761. The molecular weight excluding hydrogens is 268 g/mol. The number of benzene rings is 1. The van der Waals surface area contributed by atoms with Crippen LogP contribution in [0, 0.1) is 11.3 Å². The van der Waals surface area contributed by atoms with Crippen molar-refractivity contribution < 1.29 is 13.7 Å². The van der Waals surface area contributed by atoms with Gasteiger partial charge in [0.2, 0.25) is 5.43 Å². The van der Waals surface area contributed by atoms with Gasteiger partial charge in [0, 0.05) is 32.1 Å². The predicted molar refractivity (Wildman–Crippen MR) is 70.2 cm³/mol. The molecule has 1 heterocycles. The van der Waals surface area contributed by atoms with E-state index >= 15 is 0 Å². The van der Waals surface area contributed by atoms with E-state index in [1.165, 1.54) is 25.3 Å². The number of carbonyl (C=O) groups excluding carboxylic acids is 1. The second kappa shape index (κ2) is 5.04. The second-order valence-electron chi connectivity index (χ2n) is 3.67. The quantitative estimate of drug-likeness (QED) is 0.376. The molecule has 2 rings (SSSR count). The second-order valence-corrected chi connectivity index (χ2v) is 3.86.